The Morgan fingerprint density at radius 2 is 0.757 bits per heavy atom. The molecule has 11 aromatic carbocycles. The lowest BCUT2D eigenvalue weighted by Gasteiger charge is -2.36. The molecule has 0 aliphatic heterocycles. The quantitative estimate of drug-likeness (QED) is 0.150. The minimum absolute atomic E-state index is 0.186. The van der Waals surface area contributed by atoms with Gasteiger partial charge in [0.15, 0.2) is 0 Å². The van der Waals surface area contributed by atoms with Crippen molar-refractivity contribution in [1.29, 1.82) is 0 Å². The van der Waals surface area contributed by atoms with Gasteiger partial charge in [-0.05, 0) is 147 Å². The third-order valence-electron chi connectivity index (χ3n) is 16.5. The van der Waals surface area contributed by atoms with E-state index in [1.54, 1.807) is 0 Å². The zero-order valence-corrected chi connectivity index (χ0v) is 40.0. The molecule has 0 N–H and O–H groups in total. The van der Waals surface area contributed by atoms with E-state index in [4.69, 9.17) is 0 Å². The van der Waals surface area contributed by atoms with Gasteiger partial charge in [-0.2, -0.15) is 0 Å². The highest BCUT2D eigenvalue weighted by Gasteiger charge is 2.47. The molecule has 3 aliphatic carbocycles. The topological polar surface area (TPSA) is 3.24 Å². The van der Waals surface area contributed by atoms with Crippen molar-refractivity contribution in [1.82, 2.24) is 0 Å². The van der Waals surface area contributed by atoms with Crippen LogP contribution in [0.1, 0.15) is 72.2 Å². The lowest BCUT2D eigenvalue weighted by molar-refractivity contribution is 0.660. The normalized spacial score (nSPS) is 14.9. The second-order valence-corrected chi connectivity index (χ2v) is 20.8. The van der Waals surface area contributed by atoms with Crippen molar-refractivity contribution < 1.29 is 0 Å². The summed E-state index contributed by atoms with van der Waals surface area (Å²) < 4.78 is 0. The van der Waals surface area contributed by atoms with Gasteiger partial charge in [-0.1, -0.05) is 222 Å². The van der Waals surface area contributed by atoms with Gasteiger partial charge in [-0.15, -0.1) is 0 Å². The summed E-state index contributed by atoms with van der Waals surface area (Å²) in [6.07, 6.45) is 0. The van der Waals surface area contributed by atoms with Crippen molar-refractivity contribution in [2.75, 3.05) is 4.90 Å². The third kappa shape index (κ3) is 5.61. The van der Waals surface area contributed by atoms with Crippen molar-refractivity contribution in [3.05, 3.63) is 281 Å². The Morgan fingerprint density at radius 3 is 1.36 bits per heavy atom. The van der Waals surface area contributed by atoms with Gasteiger partial charge in [-0.25, -0.2) is 0 Å². The Labute approximate surface area is 411 Å². The number of hydrogen-bond donors (Lipinski definition) is 0. The van der Waals surface area contributed by atoms with Crippen LogP contribution in [-0.2, 0) is 16.2 Å². The lowest BCUT2D eigenvalue weighted by Crippen LogP contribution is -2.28. The number of benzene rings is 11. The number of rotatable bonds is 6. The van der Waals surface area contributed by atoms with Crippen LogP contribution >= 0.6 is 0 Å². The Kier molecular flexibility index (Phi) is 8.66. The van der Waals surface area contributed by atoms with Crippen LogP contribution in [0.3, 0.4) is 0 Å². The van der Waals surface area contributed by atoms with E-state index < -0.39 is 5.41 Å². The van der Waals surface area contributed by atoms with Crippen molar-refractivity contribution in [2.45, 2.75) is 43.9 Å². The molecule has 0 atom stereocenters. The molecule has 0 aromatic heterocycles. The smallest absolute Gasteiger partial charge is 0.0714 e. The maximum atomic E-state index is 2.60. The van der Waals surface area contributed by atoms with Crippen LogP contribution in [0, 0.1) is 0 Å². The van der Waals surface area contributed by atoms with E-state index in [2.05, 4.69) is 269 Å². The first-order valence-corrected chi connectivity index (χ1v) is 24.8. The molecular weight excluding hydrogens is 843 g/mol. The van der Waals surface area contributed by atoms with Gasteiger partial charge in [0.1, 0.15) is 0 Å². The summed E-state index contributed by atoms with van der Waals surface area (Å²) in [7, 11) is 0. The molecule has 3 aliphatic rings. The van der Waals surface area contributed by atoms with E-state index in [9.17, 15) is 0 Å². The van der Waals surface area contributed by atoms with E-state index in [1.807, 2.05) is 0 Å². The highest BCUT2D eigenvalue weighted by atomic mass is 15.1. The summed E-state index contributed by atoms with van der Waals surface area (Å²) in [5.41, 5.74) is 23.2. The summed E-state index contributed by atoms with van der Waals surface area (Å²) in [6.45, 7) is 9.58. The van der Waals surface area contributed by atoms with Crippen LogP contribution < -0.4 is 4.90 Å². The number of fused-ring (bicyclic) bond motifs is 12. The number of nitrogens with zero attached hydrogens (tertiary/aromatic N) is 1. The highest BCUT2D eigenvalue weighted by molar-refractivity contribution is 6.09. The van der Waals surface area contributed by atoms with E-state index in [-0.39, 0.29) is 10.8 Å². The molecule has 1 nitrogen and oxygen atoms in total. The summed E-state index contributed by atoms with van der Waals surface area (Å²) in [5, 5.41) is 5.02. The largest absolute Gasteiger partial charge is 0.310 e. The zero-order valence-electron chi connectivity index (χ0n) is 40.0. The fourth-order valence-corrected chi connectivity index (χ4v) is 13.2. The average Bonchev–Trinajstić information content (AvgIpc) is 3.93. The molecule has 0 heterocycles. The molecule has 11 aromatic rings. The van der Waals surface area contributed by atoms with E-state index in [1.165, 1.54) is 111 Å². The van der Waals surface area contributed by atoms with Gasteiger partial charge in [-0.3, -0.25) is 0 Å². The van der Waals surface area contributed by atoms with Gasteiger partial charge in [0.05, 0.1) is 11.1 Å². The number of hydrogen-bond acceptors (Lipinski definition) is 1. The molecule has 0 bridgehead atoms. The fourth-order valence-electron chi connectivity index (χ4n) is 13.2. The Balaban J connectivity index is 1.11. The molecule has 70 heavy (non-hydrogen) atoms. The Bertz CT molecular complexity index is 3800. The second kappa shape index (κ2) is 14.9. The molecule has 332 valence electrons. The molecule has 0 saturated carbocycles. The van der Waals surface area contributed by atoms with Gasteiger partial charge in [0, 0.05) is 27.8 Å². The molecule has 0 saturated heterocycles. The minimum atomic E-state index is -0.584. The molecule has 1 heteroatoms. The van der Waals surface area contributed by atoms with Crippen LogP contribution in [0.5, 0.6) is 0 Å². The van der Waals surface area contributed by atoms with E-state index in [0.717, 1.165) is 17.1 Å². The van der Waals surface area contributed by atoms with Crippen LogP contribution in [0.25, 0.3) is 66.1 Å². The van der Waals surface area contributed by atoms with Crippen LogP contribution in [-0.4, -0.2) is 0 Å². The van der Waals surface area contributed by atoms with Crippen molar-refractivity contribution >= 4 is 38.6 Å². The maximum Gasteiger partial charge on any atom is 0.0714 e. The molecule has 14 rings (SSSR count). The molecule has 0 fully saturated rings. The van der Waals surface area contributed by atoms with Gasteiger partial charge in [0.2, 0.25) is 0 Å². The number of anilines is 3. The summed E-state index contributed by atoms with van der Waals surface area (Å²) in [5.74, 6) is 0. The predicted molar refractivity (Wildman–Crippen MR) is 294 cm³/mol. The van der Waals surface area contributed by atoms with Crippen molar-refractivity contribution in [3.8, 4) is 44.5 Å². The first-order chi connectivity index (χ1) is 34.2. The van der Waals surface area contributed by atoms with Gasteiger partial charge >= 0.3 is 0 Å². The zero-order chi connectivity index (χ0) is 46.9. The molecular formula is C69H51N. The molecule has 0 radical (unpaired) electrons. The summed E-state index contributed by atoms with van der Waals surface area (Å²) in [6, 6.07) is 89.7. The first kappa shape index (κ1) is 40.8. The summed E-state index contributed by atoms with van der Waals surface area (Å²) in [4.78, 5) is 2.60. The van der Waals surface area contributed by atoms with E-state index >= 15 is 0 Å². The Hall–Kier alpha value is -8.26. The maximum absolute atomic E-state index is 2.60. The standard InChI is InChI=1S/C69H51N/c1-67(2)60-28-16-13-25-53(60)56-37-34-49(40-63(56)67)70(50-35-38-57-54-26-14-17-29-61(54)68(3,4)64(57)41-50)66-43-65-59(42-58(66)46-33-36-52-45(39-46)32-31-44-19-11-12-24-51(44)52)55-27-15-18-30-62(55)69(65,47-20-7-5-8-21-47)48-22-9-6-10-23-48/h5-43H,1-4H3. The monoisotopic (exact) mass is 893 g/mol. The van der Waals surface area contributed by atoms with Crippen molar-refractivity contribution in [3.63, 3.8) is 0 Å². The van der Waals surface area contributed by atoms with Gasteiger partial charge in [0.25, 0.3) is 0 Å². The van der Waals surface area contributed by atoms with Crippen LogP contribution in [0.15, 0.2) is 237 Å². The lowest BCUT2D eigenvalue weighted by atomic mass is 9.67. The van der Waals surface area contributed by atoms with Crippen LogP contribution in [0.4, 0.5) is 17.1 Å². The van der Waals surface area contributed by atoms with Gasteiger partial charge < -0.3 is 4.90 Å². The highest BCUT2D eigenvalue weighted by Crippen LogP contribution is 2.60. The molecule has 0 spiro atoms. The minimum Gasteiger partial charge on any atom is -0.310 e. The second-order valence-electron chi connectivity index (χ2n) is 20.8. The van der Waals surface area contributed by atoms with E-state index in [0.29, 0.717) is 0 Å². The fraction of sp³-hybridized carbons (Fsp3) is 0.101. The molecule has 0 unspecified atom stereocenters. The third-order valence-corrected chi connectivity index (χ3v) is 16.5. The van der Waals surface area contributed by atoms with Crippen LogP contribution in [0.2, 0.25) is 0 Å². The SMILES string of the molecule is CC1(C)c2ccccc2-c2ccc(N(c3ccc4c(c3)C(C)(C)c3ccccc3-4)c3cc4c(cc3-c3ccc5c(ccc6ccccc65)c3)-c3ccccc3C4(c3ccccc3)c3ccccc3)cc21. The average molecular weight is 894 g/mol. The molecule has 0 amide bonds. The van der Waals surface area contributed by atoms with Crippen molar-refractivity contribution in [2.24, 2.45) is 0 Å². The summed E-state index contributed by atoms with van der Waals surface area (Å²) >= 11 is 0. The first-order valence-electron chi connectivity index (χ1n) is 24.8. The Morgan fingerprint density at radius 1 is 0.286 bits per heavy atom. The predicted octanol–water partition coefficient (Wildman–Crippen LogP) is 18.1.